The first-order valence-corrected chi connectivity index (χ1v) is 7.68. The van der Waals surface area contributed by atoms with Crippen molar-refractivity contribution in [3.05, 3.63) is 54.6 Å². The second-order valence-electron chi connectivity index (χ2n) is 5.30. The predicted octanol–water partition coefficient (Wildman–Crippen LogP) is 3.76. The summed E-state index contributed by atoms with van der Waals surface area (Å²) >= 11 is 0. The molecule has 0 fully saturated rings. The molecule has 2 aromatic carbocycles. The van der Waals surface area contributed by atoms with Crippen LogP contribution in [0, 0.1) is 0 Å². The van der Waals surface area contributed by atoms with E-state index < -0.39 is 0 Å². The Labute approximate surface area is 136 Å². The maximum atomic E-state index is 11.8. The van der Waals surface area contributed by atoms with E-state index >= 15 is 0 Å². The molecule has 0 saturated carbocycles. The number of para-hydroxylation sites is 1. The predicted molar refractivity (Wildman–Crippen MR) is 90.9 cm³/mol. The van der Waals surface area contributed by atoms with Crippen molar-refractivity contribution in [1.29, 1.82) is 0 Å². The van der Waals surface area contributed by atoms with Crippen molar-refractivity contribution in [3.8, 4) is 11.5 Å². The average Bonchev–Trinajstić information content (AvgIpc) is 2.55. The molecule has 0 radical (unpaired) electrons. The van der Waals surface area contributed by atoms with Gasteiger partial charge < -0.3 is 20.5 Å². The van der Waals surface area contributed by atoms with Gasteiger partial charge in [-0.1, -0.05) is 18.2 Å². The van der Waals surface area contributed by atoms with Crippen molar-refractivity contribution in [3.63, 3.8) is 0 Å². The van der Waals surface area contributed by atoms with Gasteiger partial charge in [0.25, 0.3) is 0 Å². The molecule has 0 aliphatic carbocycles. The number of benzene rings is 2. The number of aliphatic hydroxyl groups is 1. The zero-order chi connectivity index (χ0) is 16.5. The number of aliphatic hydroxyl groups excluding tert-OH is 1. The van der Waals surface area contributed by atoms with Gasteiger partial charge in [-0.2, -0.15) is 0 Å². The molecular formula is C18H22N2O3. The number of nitrogens with one attached hydrogen (secondary N) is 2. The second-order valence-corrected chi connectivity index (χ2v) is 5.30. The van der Waals surface area contributed by atoms with Crippen LogP contribution in [0.3, 0.4) is 0 Å². The van der Waals surface area contributed by atoms with E-state index in [1.807, 2.05) is 37.3 Å². The zero-order valence-corrected chi connectivity index (χ0v) is 13.2. The lowest BCUT2D eigenvalue weighted by Gasteiger charge is -2.14. The minimum Gasteiger partial charge on any atom is -0.457 e. The van der Waals surface area contributed by atoms with E-state index in [2.05, 4.69) is 10.6 Å². The normalized spacial score (nSPS) is 11.6. The van der Waals surface area contributed by atoms with Gasteiger partial charge in [0, 0.05) is 18.3 Å². The quantitative estimate of drug-likeness (QED) is 0.728. The molecular weight excluding hydrogens is 292 g/mol. The highest BCUT2D eigenvalue weighted by molar-refractivity contribution is 5.89. The molecule has 0 spiro atoms. The molecule has 0 aliphatic heterocycles. The fourth-order valence-electron chi connectivity index (χ4n) is 2.09. The summed E-state index contributed by atoms with van der Waals surface area (Å²) in [6, 6.07) is 16.5. The molecule has 3 N–H and O–H groups in total. The molecule has 1 unspecified atom stereocenters. The van der Waals surface area contributed by atoms with Crippen LogP contribution in [0.5, 0.6) is 11.5 Å². The van der Waals surface area contributed by atoms with Crippen LogP contribution >= 0.6 is 0 Å². The number of rotatable bonds is 7. The van der Waals surface area contributed by atoms with Crippen molar-refractivity contribution < 1.29 is 14.6 Å². The Morgan fingerprint density at radius 2 is 1.74 bits per heavy atom. The van der Waals surface area contributed by atoms with Crippen molar-refractivity contribution in [1.82, 2.24) is 5.32 Å². The highest BCUT2D eigenvalue weighted by Crippen LogP contribution is 2.22. The molecule has 0 saturated heterocycles. The first-order valence-electron chi connectivity index (χ1n) is 7.68. The van der Waals surface area contributed by atoms with Crippen LogP contribution in [-0.4, -0.2) is 23.8 Å². The van der Waals surface area contributed by atoms with Crippen LogP contribution in [0.25, 0.3) is 0 Å². The Hall–Kier alpha value is -2.53. The number of hydrogen-bond donors (Lipinski definition) is 3. The Morgan fingerprint density at radius 3 is 2.39 bits per heavy atom. The number of carbonyl (C=O) groups excluding carboxylic acids is 1. The molecule has 0 aromatic heterocycles. The van der Waals surface area contributed by atoms with Gasteiger partial charge >= 0.3 is 6.03 Å². The number of anilines is 1. The number of carbonyl (C=O) groups is 1. The monoisotopic (exact) mass is 314 g/mol. The number of hydrogen-bond acceptors (Lipinski definition) is 3. The fourth-order valence-corrected chi connectivity index (χ4v) is 2.09. The maximum absolute atomic E-state index is 11.8. The molecule has 2 rings (SSSR count). The van der Waals surface area contributed by atoms with Crippen LogP contribution in [0.15, 0.2) is 54.6 Å². The van der Waals surface area contributed by atoms with Crippen molar-refractivity contribution >= 4 is 11.7 Å². The summed E-state index contributed by atoms with van der Waals surface area (Å²) in [7, 11) is 0. The number of urea groups is 1. The van der Waals surface area contributed by atoms with E-state index in [0.717, 1.165) is 12.2 Å². The Kier molecular flexibility index (Phi) is 6.44. The summed E-state index contributed by atoms with van der Waals surface area (Å²) in [5.74, 6) is 1.47. The van der Waals surface area contributed by atoms with E-state index in [-0.39, 0.29) is 18.7 Å². The molecule has 122 valence electrons. The summed E-state index contributed by atoms with van der Waals surface area (Å²) in [5.41, 5.74) is 0.692. The van der Waals surface area contributed by atoms with E-state index in [9.17, 15) is 4.79 Å². The molecule has 2 amide bonds. The zero-order valence-electron chi connectivity index (χ0n) is 13.2. The molecule has 23 heavy (non-hydrogen) atoms. The molecule has 0 aliphatic rings. The Morgan fingerprint density at radius 1 is 1.09 bits per heavy atom. The average molecular weight is 314 g/mol. The van der Waals surface area contributed by atoms with Crippen LogP contribution in [0.4, 0.5) is 10.5 Å². The first-order chi connectivity index (χ1) is 11.2. The van der Waals surface area contributed by atoms with Crippen LogP contribution in [0.2, 0.25) is 0 Å². The highest BCUT2D eigenvalue weighted by atomic mass is 16.5. The molecule has 2 aromatic rings. The largest absolute Gasteiger partial charge is 0.457 e. The third-order valence-corrected chi connectivity index (χ3v) is 3.26. The summed E-state index contributed by atoms with van der Waals surface area (Å²) in [5, 5.41) is 14.4. The summed E-state index contributed by atoms with van der Waals surface area (Å²) in [6.07, 6.45) is 1.42. The second kappa shape index (κ2) is 8.80. The van der Waals surface area contributed by atoms with E-state index in [0.29, 0.717) is 17.9 Å². The third-order valence-electron chi connectivity index (χ3n) is 3.26. The lowest BCUT2D eigenvalue weighted by Crippen LogP contribution is -2.36. The van der Waals surface area contributed by atoms with Crippen LogP contribution in [0.1, 0.15) is 19.8 Å². The lowest BCUT2D eigenvalue weighted by molar-refractivity contribution is 0.245. The molecule has 5 nitrogen and oxygen atoms in total. The van der Waals surface area contributed by atoms with Crippen molar-refractivity contribution in [2.45, 2.75) is 25.8 Å². The van der Waals surface area contributed by atoms with E-state index in [1.54, 1.807) is 24.3 Å². The minimum atomic E-state index is -0.257. The van der Waals surface area contributed by atoms with Gasteiger partial charge in [-0.15, -0.1) is 0 Å². The van der Waals surface area contributed by atoms with Crippen molar-refractivity contribution in [2.75, 3.05) is 11.9 Å². The summed E-state index contributed by atoms with van der Waals surface area (Å²) < 4.78 is 5.70. The molecule has 5 heteroatoms. The lowest BCUT2D eigenvalue weighted by atomic mass is 10.2. The Bertz CT molecular complexity index is 599. The van der Waals surface area contributed by atoms with Crippen LogP contribution < -0.4 is 15.4 Å². The topological polar surface area (TPSA) is 70.6 Å². The Balaban J connectivity index is 1.83. The van der Waals surface area contributed by atoms with Gasteiger partial charge in [0.15, 0.2) is 0 Å². The van der Waals surface area contributed by atoms with Crippen LogP contribution in [-0.2, 0) is 0 Å². The first kappa shape index (κ1) is 16.8. The van der Waals surface area contributed by atoms with E-state index in [1.165, 1.54) is 0 Å². The van der Waals surface area contributed by atoms with Gasteiger partial charge in [-0.05, 0) is 56.2 Å². The third kappa shape index (κ3) is 6.00. The molecule has 0 heterocycles. The van der Waals surface area contributed by atoms with Crippen molar-refractivity contribution in [2.24, 2.45) is 0 Å². The minimum absolute atomic E-state index is 0.0165. The maximum Gasteiger partial charge on any atom is 0.319 e. The standard InChI is InChI=1S/C18H22N2O3/c1-14(6-5-13-21)19-18(22)20-15-9-11-17(12-10-15)23-16-7-3-2-4-8-16/h2-4,7-12,14,21H,5-6,13H2,1H3,(H2,19,20,22). The summed E-state index contributed by atoms with van der Waals surface area (Å²) in [6.45, 7) is 2.04. The molecule has 0 bridgehead atoms. The fraction of sp³-hybridized carbons (Fsp3) is 0.278. The highest BCUT2D eigenvalue weighted by Gasteiger charge is 2.07. The van der Waals surface area contributed by atoms with E-state index in [4.69, 9.17) is 9.84 Å². The smallest absolute Gasteiger partial charge is 0.319 e. The molecule has 1 atom stereocenters. The summed E-state index contributed by atoms with van der Waals surface area (Å²) in [4.78, 5) is 11.8. The van der Waals surface area contributed by atoms with Gasteiger partial charge in [-0.25, -0.2) is 4.79 Å². The van der Waals surface area contributed by atoms with Gasteiger partial charge in [0.1, 0.15) is 11.5 Å². The number of ether oxygens (including phenoxy) is 1. The van der Waals surface area contributed by atoms with Gasteiger partial charge in [0.2, 0.25) is 0 Å². The van der Waals surface area contributed by atoms with Gasteiger partial charge in [0.05, 0.1) is 0 Å². The van der Waals surface area contributed by atoms with Gasteiger partial charge in [-0.3, -0.25) is 0 Å². The SMILES string of the molecule is CC(CCCO)NC(=O)Nc1ccc(Oc2ccccc2)cc1. The number of amides is 2.